The summed E-state index contributed by atoms with van der Waals surface area (Å²) in [5.41, 5.74) is 7.69. The number of benzene rings is 1. The summed E-state index contributed by atoms with van der Waals surface area (Å²) >= 11 is 0. The molecule has 4 heteroatoms. The zero-order valence-corrected chi connectivity index (χ0v) is 11.6. The molecule has 0 radical (unpaired) electrons. The van der Waals surface area contributed by atoms with Crippen molar-refractivity contribution in [1.82, 2.24) is 0 Å². The number of nitrogens with one attached hydrogen (secondary N) is 1. The summed E-state index contributed by atoms with van der Waals surface area (Å²) in [6.07, 6.45) is 1.71. The third-order valence-corrected chi connectivity index (χ3v) is 3.66. The van der Waals surface area contributed by atoms with Crippen LogP contribution in [0.3, 0.4) is 0 Å². The maximum absolute atomic E-state index is 12.3. The molecule has 0 spiro atoms. The highest BCUT2D eigenvalue weighted by atomic mass is 16.5. The van der Waals surface area contributed by atoms with E-state index < -0.39 is 0 Å². The molecule has 2 rings (SSSR count). The van der Waals surface area contributed by atoms with Gasteiger partial charge >= 0.3 is 0 Å². The van der Waals surface area contributed by atoms with Crippen molar-refractivity contribution in [3.63, 3.8) is 0 Å². The van der Waals surface area contributed by atoms with E-state index in [-0.39, 0.29) is 24.0 Å². The Kier molecular flexibility index (Phi) is 4.56. The minimum atomic E-state index is -0.0988. The first-order valence-electron chi connectivity index (χ1n) is 6.90. The number of hydrogen-bond acceptors (Lipinski definition) is 3. The van der Waals surface area contributed by atoms with Gasteiger partial charge in [0, 0.05) is 18.3 Å². The summed E-state index contributed by atoms with van der Waals surface area (Å²) in [5, 5.41) is 3.00. The van der Waals surface area contributed by atoms with Gasteiger partial charge in [0.1, 0.15) is 0 Å². The van der Waals surface area contributed by atoms with E-state index in [1.54, 1.807) is 0 Å². The molecular formula is C15H22N2O2. The average Bonchev–Trinajstić information content (AvgIpc) is 2.87. The largest absolute Gasteiger partial charge is 0.377 e. The topological polar surface area (TPSA) is 64.3 Å². The highest BCUT2D eigenvalue weighted by molar-refractivity contribution is 5.93. The van der Waals surface area contributed by atoms with Gasteiger partial charge < -0.3 is 15.8 Å². The Labute approximate surface area is 114 Å². The number of nitrogens with two attached hydrogens (primary N) is 1. The predicted octanol–water partition coefficient (Wildman–Crippen LogP) is 2.46. The summed E-state index contributed by atoms with van der Waals surface area (Å²) < 4.78 is 5.57. The first-order chi connectivity index (χ1) is 9.13. The second-order valence-corrected chi connectivity index (χ2v) is 5.08. The summed E-state index contributed by atoms with van der Waals surface area (Å²) in [7, 11) is 0. The Morgan fingerprint density at radius 2 is 2.26 bits per heavy atom. The fourth-order valence-electron chi connectivity index (χ4n) is 2.58. The van der Waals surface area contributed by atoms with Crippen LogP contribution in [-0.4, -0.2) is 18.6 Å². The maximum atomic E-state index is 12.3. The number of carbonyl (C=O) groups excluding carboxylic acids is 1. The fraction of sp³-hybridized carbons (Fsp3) is 0.533. The molecule has 3 N–H and O–H groups in total. The van der Waals surface area contributed by atoms with Crippen LogP contribution in [-0.2, 0) is 9.53 Å². The van der Waals surface area contributed by atoms with E-state index in [1.165, 1.54) is 0 Å². The van der Waals surface area contributed by atoms with Gasteiger partial charge in [-0.15, -0.1) is 0 Å². The van der Waals surface area contributed by atoms with E-state index in [0.717, 1.165) is 24.1 Å². The Bertz CT molecular complexity index is 446. The number of hydrogen-bond donors (Lipinski definition) is 2. The smallest absolute Gasteiger partial charge is 0.230 e. The van der Waals surface area contributed by atoms with Crippen molar-refractivity contribution in [2.24, 2.45) is 11.7 Å². The van der Waals surface area contributed by atoms with Gasteiger partial charge in [-0.25, -0.2) is 0 Å². The van der Waals surface area contributed by atoms with Crippen LogP contribution in [0, 0.1) is 5.92 Å². The molecule has 1 aliphatic rings. The molecule has 1 aliphatic heterocycles. The van der Waals surface area contributed by atoms with Gasteiger partial charge in [-0.05, 0) is 31.4 Å². The molecule has 0 aliphatic carbocycles. The first-order valence-corrected chi connectivity index (χ1v) is 6.90. The van der Waals surface area contributed by atoms with Crippen molar-refractivity contribution in [3.8, 4) is 0 Å². The number of para-hydroxylation sites is 1. The van der Waals surface area contributed by atoms with Crippen LogP contribution in [0.4, 0.5) is 5.69 Å². The second kappa shape index (κ2) is 6.17. The molecule has 19 heavy (non-hydrogen) atoms. The summed E-state index contributed by atoms with van der Waals surface area (Å²) in [4.78, 5) is 12.3. The minimum absolute atomic E-state index is 0.0393. The van der Waals surface area contributed by atoms with Gasteiger partial charge in [0.05, 0.1) is 12.0 Å². The van der Waals surface area contributed by atoms with E-state index in [0.29, 0.717) is 6.61 Å². The summed E-state index contributed by atoms with van der Waals surface area (Å²) in [6.45, 7) is 4.64. The van der Waals surface area contributed by atoms with Crippen LogP contribution in [0.15, 0.2) is 24.3 Å². The SMILES string of the molecule is CCC1OCCC1C(=O)Nc1ccccc1C(C)N. The molecular weight excluding hydrogens is 240 g/mol. The lowest BCUT2D eigenvalue weighted by Gasteiger charge is -2.19. The van der Waals surface area contributed by atoms with Gasteiger partial charge in [0.25, 0.3) is 0 Å². The lowest BCUT2D eigenvalue weighted by molar-refractivity contribution is -0.121. The predicted molar refractivity (Wildman–Crippen MR) is 75.8 cm³/mol. The number of rotatable bonds is 4. The summed E-state index contributed by atoms with van der Waals surface area (Å²) in [6, 6.07) is 7.58. The van der Waals surface area contributed by atoms with Crippen molar-refractivity contribution < 1.29 is 9.53 Å². The van der Waals surface area contributed by atoms with Crippen LogP contribution < -0.4 is 11.1 Å². The normalized spacial score (nSPS) is 24.2. The zero-order valence-electron chi connectivity index (χ0n) is 11.6. The lowest BCUT2D eigenvalue weighted by atomic mass is 9.98. The van der Waals surface area contributed by atoms with Crippen molar-refractivity contribution in [2.45, 2.75) is 38.8 Å². The Hall–Kier alpha value is -1.39. The molecule has 1 fully saturated rings. The number of carbonyl (C=O) groups is 1. The van der Waals surface area contributed by atoms with Gasteiger partial charge in [0.2, 0.25) is 5.91 Å². The standard InChI is InChI=1S/C15H22N2O2/c1-3-14-12(8-9-19-14)15(18)17-13-7-5-4-6-11(13)10(2)16/h4-7,10,12,14H,3,8-9,16H2,1-2H3,(H,17,18). The maximum Gasteiger partial charge on any atom is 0.230 e. The Morgan fingerprint density at radius 1 is 1.53 bits per heavy atom. The quantitative estimate of drug-likeness (QED) is 0.876. The van der Waals surface area contributed by atoms with E-state index in [1.807, 2.05) is 38.1 Å². The van der Waals surface area contributed by atoms with Crippen LogP contribution in [0.2, 0.25) is 0 Å². The summed E-state index contributed by atoms with van der Waals surface area (Å²) in [5.74, 6) is -0.0106. The Morgan fingerprint density at radius 3 is 2.95 bits per heavy atom. The Balaban J connectivity index is 2.11. The zero-order chi connectivity index (χ0) is 13.8. The van der Waals surface area contributed by atoms with Crippen molar-refractivity contribution in [2.75, 3.05) is 11.9 Å². The van der Waals surface area contributed by atoms with E-state index in [2.05, 4.69) is 5.32 Å². The van der Waals surface area contributed by atoms with Gasteiger partial charge in [0.15, 0.2) is 0 Å². The molecule has 1 saturated heterocycles. The second-order valence-electron chi connectivity index (χ2n) is 5.08. The molecule has 104 valence electrons. The molecule has 1 amide bonds. The number of amides is 1. The molecule has 4 nitrogen and oxygen atoms in total. The van der Waals surface area contributed by atoms with E-state index in [9.17, 15) is 4.79 Å². The monoisotopic (exact) mass is 262 g/mol. The van der Waals surface area contributed by atoms with Crippen LogP contribution in [0.25, 0.3) is 0 Å². The van der Waals surface area contributed by atoms with Crippen molar-refractivity contribution in [3.05, 3.63) is 29.8 Å². The molecule has 0 saturated carbocycles. The molecule has 1 heterocycles. The third kappa shape index (κ3) is 3.14. The van der Waals surface area contributed by atoms with Gasteiger partial charge in [-0.2, -0.15) is 0 Å². The average molecular weight is 262 g/mol. The minimum Gasteiger partial charge on any atom is -0.377 e. The molecule has 0 bridgehead atoms. The molecule has 1 aromatic carbocycles. The van der Waals surface area contributed by atoms with Gasteiger partial charge in [-0.1, -0.05) is 25.1 Å². The van der Waals surface area contributed by atoms with E-state index in [4.69, 9.17) is 10.5 Å². The highest BCUT2D eigenvalue weighted by Crippen LogP contribution is 2.27. The molecule has 0 aromatic heterocycles. The molecule has 3 unspecified atom stereocenters. The van der Waals surface area contributed by atoms with Gasteiger partial charge in [-0.3, -0.25) is 4.79 Å². The van der Waals surface area contributed by atoms with E-state index >= 15 is 0 Å². The first kappa shape index (κ1) is 14.0. The molecule has 1 aromatic rings. The highest BCUT2D eigenvalue weighted by Gasteiger charge is 2.32. The number of anilines is 1. The van der Waals surface area contributed by atoms with Crippen LogP contribution in [0.1, 0.15) is 38.3 Å². The van der Waals surface area contributed by atoms with Crippen LogP contribution >= 0.6 is 0 Å². The van der Waals surface area contributed by atoms with Crippen molar-refractivity contribution >= 4 is 11.6 Å². The fourth-order valence-corrected chi connectivity index (χ4v) is 2.58. The third-order valence-electron chi connectivity index (χ3n) is 3.66. The number of ether oxygens (including phenoxy) is 1. The van der Waals surface area contributed by atoms with Crippen molar-refractivity contribution in [1.29, 1.82) is 0 Å². The lowest BCUT2D eigenvalue weighted by Crippen LogP contribution is -2.29. The van der Waals surface area contributed by atoms with Crippen LogP contribution in [0.5, 0.6) is 0 Å². The molecule has 3 atom stereocenters.